The first kappa shape index (κ1) is 11.8. The fourth-order valence-corrected chi connectivity index (χ4v) is 2.15. The molecule has 0 saturated heterocycles. The van der Waals surface area contributed by atoms with E-state index in [1.54, 1.807) is 10.9 Å². The molecule has 5 nitrogen and oxygen atoms in total. The second kappa shape index (κ2) is 4.76. The van der Waals surface area contributed by atoms with E-state index in [1.165, 1.54) is 0 Å². The molecular formula is C14H15N3O2. The summed E-state index contributed by atoms with van der Waals surface area (Å²) in [6.45, 7) is 0.473. The lowest BCUT2D eigenvalue weighted by Gasteiger charge is -2.17. The van der Waals surface area contributed by atoms with Crippen LogP contribution in [-0.2, 0) is 24.9 Å². The molecule has 19 heavy (non-hydrogen) atoms. The van der Waals surface area contributed by atoms with Gasteiger partial charge < -0.3 is 10.1 Å². The number of carbonyl (C=O) groups excluding carboxylic acids is 1. The first-order valence-electron chi connectivity index (χ1n) is 6.24. The highest BCUT2D eigenvalue weighted by Gasteiger charge is 2.15. The number of benzene rings is 1. The van der Waals surface area contributed by atoms with Crippen LogP contribution < -0.4 is 10.1 Å². The Labute approximate surface area is 111 Å². The van der Waals surface area contributed by atoms with Gasteiger partial charge in [-0.25, -0.2) is 0 Å². The second-order valence-corrected chi connectivity index (χ2v) is 4.68. The zero-order valence-corrected chi connectivity index (χ0v) is 10.7. The molecular weight excluding hydrogens is 242 g/mol. The zero-order chi connectivity index (χ0) is 13.2. The third-order valence-corrected chi connectivity index (χ3v) is 3.14. The molecule has 2 aromatic rings. The van der Waals surface area contributed by atoms with E-state index in [1.807, 2.05) is 31.4 Å². The van der Waals surface area contributed by atoms with Crippen LogP contribution in [0.25, 0.3) is 0 Å². The van der Waals surface area contributed by atoms with Crippen molar-refractivity contribution in [2.75, 3.05) is 5.32 Å². The van der Waals surface area contributed by atoms with Crippen molar-refractivity contribution in [1.82, 2.24) is 9.78 Å². The van der Waals surface area contributed by atoms with Gasteiger partial charge in [-0.05, 0) is 18.1 Å². The molecule has 3 rings (SSSR count). The van der Waals surface area contributed by atoms with E-state index in [-0.39, 0.29) is 5.91 Å². The molecule has 0 aliphatic carbocycles. The first-order chi connectivity index (χ1) is 9.20. The van der Waals surface area contributed by atoms with Crippen molar-refractivity contribution in [3.05, 3.63) is 41.7 Å². The van der Waals surface area contributed by atoms with Crippen LogP contribution in [0.15, 0.2) is 30.6 Å². The third-order valence-electron chi connectivity index (χ3n) is 3.14. The number of hydrogen-bond acceptors (Lipinski definition) is 3. The van der Waals surface area contributed by atoms with Crippen LogP contribution in [0.5, 0.6) is 5.75 Å². The summed E-state index contributed by atoms with van der Waals surface area (Å²) in [5.41, 5.74) is 3.04. The molecule has 1 aromatic carbocycles. The van der Waals surface area contributed by atoms with E-state index in [9.17, 15) is 4.79 Å². The van der Waals surface area contributed by atoms with E-state index in [2.05, 4.69) is 10.4 Å². The topological polar surface area (TPSA) is 56.1 Å². The Morgan fingerprint density at radius 2 is 2.32 bits per heavy atom. The molecule has 1 N–H and O–H groups in total. The standard InChI is InChI=1S/C14H15N3O2/c1-17-8-10(7-15-17)9-19-12-4-2-11-3-5-14(18)16-13(11)6-12/h2,4,6-8H,3,5,9H2,1H3,(H,16,18). The molecule has 1 aliphatic heterocycles. The predicted octanol–water partition coefficient (Wildman–Crippen LogP) is 1.88. The minimum atomic E-state index is 0.0666. The van der Waals surface area contributed by atoms with Gasteiger partial charge in [-0.1, -0.05) is 6.07 Å². The Morgan fingerprint density at radius 3 is 3.11 bits per heavy atom. The van der Waals surface area contributed by atoms with Gasteiger partial charge in [-0.2, -0.15) is 5.10 Å². The van der Waals surface area contributed by atoms with E-state index in [4.69, 9.17) is 4.74 Å². The summed E-state index contributed by atoms with van der Waals surface area (Å²) < 4.78 is 7.44. The number of aromatic nitrogens is 2. The number of fused-ring (bicyclic) bond motifs is 1. The molecule has 0 bridgehead atoms. The van der Waals surface area contributed by atoms with E-state index in [0.717, 1.165) is 29.0 Å². The Morgan fingerprint density at radius 1 is 1.42 bits per heavy atom. The molecule has 0 saturated carbocycles. The average Bonchev–Trinajstić information content (AvgIpc) is 2.81. The quantitative estimate of drug-likeness (QED) is 0.913. The minimum Gasteiger partial charge on any atom is -0.489 e. The van der Waals surface area contributed by atoms with Crippen LogP contribution in [0.3, 0.4) is 0 Å². The van der Waals surface area contributed by atoms with Gasteiger partial charge in [0.15, 0.2) is 0 Å². The number of amides is 1. The highest BCUT2D eigenvalue weighted by Crippen LogP contribution is 2.27. The molecule has 1 aliphatic rings. The summed E-state index contributed by atoms with van der Waals surface area (Å²) in [5, 5.41) is 6.96. The highest BCUT2D eigenvalue weighted by molar-refractivity contribution is 5.94. The number of carbonyl (C=O) groups is 1. The molecule has 0 spiro atoms. The van der Waals surface area contributed by atoms with Crippen LogP contribution in [0.2, 0.25) is 0 Å². The Hall–Kier alpha value is -2.30. The van der Waals surface area contributed by atoms with Gasteiger partial charge in [0.25, 0.3) is 0 Å². The van der Waals surface area contributed by atoms with Crippen molar-refractivity contribution in [3.8, 4) is 5.75 Å². The SMILES string of the molecule is Cn1cc(COc2ccc3c(c2)NC(=O)CC3)cn1. The fraction of sp³-hybridized carbons (Fsp3) is 0.286. The van der Waals surface area contributed by atoms with Crippen LogP contribution >= 0.6 is 0 Å². The molecule has 2 heterocycles. The van der Waals surface area contributed by atoms with Crippen molar-refractivity contribution >= 4 is 11.6 Å². The minimum absolute atomic E-state index is 0.0666. The maximum Gasteiger partial charge on any atom is 0.224 e. The Bertz CT molecular complexity index is 619. The van der Waals surface area contributed by atoms with E-state index >= 15 is 0 Å². The van der Waals surface area contributed by atoms with E-state index < -0.39 is 0 Å². The second-order valence-electron chi connectivity index (χ2n) is 4.68. The molecule has 0 unspecified atom stereocenters. The maximum absolute atomic E-state index is 11.4. The number of rotatable bonds is 3. The zero-order valence-electron chi connectivity index (χ0n) is 10.7. The lowest BCUT2D eigenvalue weighted by atomic mass is 10.0. The van der Waals surface area contributed by atoms with Gasteiger partial charge in [0.1, 0.15) is 12.4 Å². The fourth-order valence-electron chi connectivity index (χ4n) is 2.15. The largest absolute Gasteiger partial charge is 0.489 e. The van der Waals surface area contributed by atoms with Crippen molar-refractivity contribution in [1.29, 1.82) is 0 Å². The molecule has 1 aromatic heterocycles. The molecule has 5 heteroatoms. The summed E-state index contributed by atoms with van der Waals surface area (Å²) in [4.78, 5) is 11.4. The van der Waals surface area contributed by atoms with Gasteiger partial charge in [0, 0.05) is 37.0 Å². The van der Waals surface area contributed by atoms with Crippen molar-refractivity contribution in [3.63, 3.8) is 0 Å². The van der Waals surface area contributed by atoms with Gasteiger partial charge in [0.05, 0.1) is 6.20 Å². The van der Waals surface area contributed by atoms with Gasteiger partial charge >= 0.3 is 0 Å². The number of ether oxygens (including phenoxy) is 1. The van der Waals surface area contributed by atoms with Crippen molar-refractivity contribution in [2.24, 2.45) is 7.05 Å². The third kappa shape index (κ3) is 2.59. The normalized spacial score (nSPS) is 13.8. The van der Waals surface area contributed by atoms with Crippen LogP contribution in [0.4, 0.5) is 5.69 Å². The number of nitrogens with one attached hydrogen (secondary N) is 1. The monoisotopic (exact) mass is 257 g/mol. The van der Waals surface area contributed by atoms with Crippen LogP contribution in [0.1, 0.15) is 17.5 Å². The summed E-state index contributed by atoms with van der Waals surface area (Å²) in [7, 11) is 1.87. The van der Waals surface area contributed by atoms with E-state index in [0.29, 0.717) is 13.0 Å². The van der Waals surface area contributed by atoms with Gasteiger partial charge in [-0.3, -0.25) is 9.48 Å². The number of hydrogen-bond donors (Lipinski definition) is 1. The summed E-state index contributed by atoms with van der Waals surface area (Å²) in [6, 6.07) is 5.82. The maximum atomic E-state index is 11.4. The molecule has 0 fully saturated rings. The van der Waals surface area contributed by atoms with Crippen molar-refractivity contribution < 1.29 is 9.53 Å². The smallest absolute Gasteiger partial charge is 0.224 e. The number of aryl methyl sites for hydroxylation is 2. The lowest BCUT2D eigenvalue weighted by Crippen LogP contribution is -2.18. The van der Waals surface area contributed by atoms with Crippen LogP contribution in [0, 0.1) is 0 Å². The summed E-state index contributed by atoms with van der Waals surface area (Å²) in [6.07, 6.45) is 5.05. The summed E-state index contributed by atoms with van der Waals surface area (Å²) >= 11 is 0. The number of nitrogens with zero attached hydrogens (tertiary/aromatic N) is 2. The molecule has 0 atom stereocenters. The van der Waals surface area contributed by atoms with Gasteiger partial charge in [0.2, 0.25) is 5.91 Å². The van der Waals surface area contributed by atoms with Crippen molar-refractivity contribution in [2.45, 2.75) is 19.4 Å². The molecule has 98 valence electrons. The first-order valence-corrected chi connectivity index (χ1v) is 6.24. The lowest BCUT2D eigenvalue weighted by molar-refractivity contribution is -0.116. The highest BCUT2D eigenvalue weighted by atomic mass is 16.5. The average molecular weight is 257 g/mol. The Kier molecular flexibility index (Phi) is 2.95. The van der Waals surface area contributed by atoms with Gasteiger partial charge in [-0.15, -0.1) is 0 Å². The predicted molar refractivity (Wildman–Crippen MR) is 70.9 cm³/mol. The Balaban J connectivity index is 1.71. The molecule has 1 amide bonds. The molecule has 0 radical (unpaired) electrons. The van der Waals surface area contributed by atoms with Crippen LogP contribution in [-0.4, -0.2) is 15.7 Å². The summed E-state index contributed by atoms with van der Waals surface area (Å²) in [5.74, 6) is 0.821. The number of anilines is 1.